The summed E-state index contributed by atoms with van der Waals surface area (Å²) in [6.45, 7) is 6.50. The summed E-state index contributed by atoms with van der Waals surface area (Å²) in [4.78, 5) is 18.4. The minimum atomic E-state index is 0.621. The molecule has 8 heteroatoms. The van der Waals surface area contributed by atoms with Gasteiger partial charge in [-0.25, -0.2) is 15.0 Å². The van der Waals surface area contributed by atoms with Crippen molar-refractivity contribution in [2.75, 3.05) is 31.1 Å². The summed E-state index contributed by atoms with van der Waals surface area (Å²) >= 11 is 0. The molecule has 3 aromatic heterocycles. The maximum Gasteiger partial charge on any atom is 0.208 e. The first-order valence-electron chi connectivity index (χ1n) is 9.25. The second-order valence-electron chi connectivity index (χ2n) is 7.29. The molecule has 2 fully saturated rings. The molecular weight excluding hydrogens is 330 g/mol. The largest absolute Gasteiger partial charge is 0.444 e. The van der Waals surface area contributed by atoms with E-state index in [1.807, 2.05) is 31.0 Å². The zero-order valence-electron chi connectivity index (χ0n) is 15.2. The highest BCUT2D eigenvalue weighted by atomic mass is 16.4. The molecule has 0 atom stereocenters. The second kappa shape index (κ2) is 6.05. The van der Waals surface area contributed by atoms with Crippen molar-refractivity contribution < 1.29 is 4.42 Å². The third-order valence-corrected chi connectivity index (χ3v) is 5.27. The highest BCUT2D eigenvalue weighted by Crippen LogP contribution is 2.40. The van der Waals surface area contributed by atoms with E-state index in [0.717, 1.165) is 67.1 Å². The number of aryl methyl sites for hydroxylation is 2. The van der Waals surface area contributed by atoms with Crippen LogP contribution < -0.4 is 4.90 Å². The van der Waals surface area contributed by atoms with E-state index in [9.17, 15) is 0 Å². The van der Waals surface area contributed by atoms with Crippen LogP contribution >= 0.6 is 0 Å². The van der Waals surface area contributed by atoms with Gasteiger partial charge in [0, 0.05) is 39.1 Å². The number of anilines is 1. The van der Waals surface area contributed by atoms with Gasteiger partial charge >= 0.3 is 0 Å². The fourth-order valence-electron chi connectivity index (χ4n) is 3.62. The minimum Gasteiger partial charge on any atom is -0.444 e. The average Bonchev–Trinajstić information content (AvgIpc) is 3.29. The minimum absolute atomic E-state index is 0.621. The monoisotopic (exact) mass is 353 g/mol. The number of hydrogen-bond acceptors (Lipinski definition) is 7. The molecule has 8 nitrogen and oxygen atoms in total. The number of fused-ring (bicyclic) bond motifs is 1. The van der Waals surface area contributed by atoms with Gasteiger partial charge in [-0.3, -0.25) is 9.58 Å². The predicted molar refractivity (Wildman–Crippen MR) is 97.0 cm³/mol. The number of hydrogen-bond donors (Lipinski definition) is 0. The molecular formula is C18H23N7O. The van der Waals surface area contributed by atoms with Crippen LogP contribution in [0.15, 0.2) is 16.8 Å². The van der Waals surface area contributed by atoms with Gasteiger partial charge in [-0.2, -0.15) is 5.10 Å². The Labute approximate surface area is 151 Å². The molecule has 0 aromatic carbocycles. The van der Waals surface area contributed by atoms with Crippen LogP contribution in [-0.2, 0) is 13.6 Å². The molecule has 0 amide bonds. The number of nitrogens with zero attached hydrogens (tertiary/aromatic N) is 7. The van der Waals surface area contributed by atoms with Crippen LogP contribution in [0.2, 0.25) is 0 Å². The number of piperazine rings is 1. The van der Waals surface area contributed by atoms with Gasteiger partial charge in [0.15, 0.2) is 5.65 Å². The van der Waals surface area contributed by atoms with E-state index < -0.39 is 0 Å². The van der Waals surface area contributed by atoms with Gasteiger partial charge in [-0.05, 0) is 19.8 Å². The van der Waals surface area contributed by atoms with E-state index in [0.29, 0.717) is 5.92 Å². The predicted octanol–water partition coefficient (Wildman–Crippen LogP) is 1.86. The lowest BCUT2D eigenvalue weighted by Crippen LogP contribution is -2.46. The zero-order valence-corrected chi connectivity index (χ0v) is 15.2. The number of oxazole rings is 1. The molecule has 0 N–H and O–H groups in total. The van der Waals surface area contributed by atoms with Crippen LogP contribution in [-0.4, -0.2) is 55.8 Å². The van der Waals surface area contributed by atoms with Crippen molar-refractivity contribution in [3.05, 3.63) is 29.9 Å². The van der Waals surface area contributed by atoms with E-state index in [4.69, 9.17) is 4.42 Å². The fourth-order valence-corrected chi connectivity index (χ4v) is 3.62. The Kier molecular flexibility index (Phi) is 3.66. The van der Waals surface area contributed by atoms with Crippen LogP contribution in [0.4, 0.5) is 5.82 Å². The Balaban J connectivity index is 1.28. The van der Waals surface area contributed by atoms with Gasteiger partial charge < -0.3 is 9.32 Å². The van der Waals surface area contributed by atoms with Crippen molar-refractivity contribution in [3.63, 3.8) is 0 Å². The van der Waals surface area contributed by atoms with Crippen LogP contribution in [0, 0.1) is 6.92 Å². The molecule has 3 aromatic rings. The number of aromatic nitrogens is 5. The molecule has 26 heavy (non-hydrogen) atoms. The van der Waals surface area contributed by atoms with Gasteiger partial charge in [-0.15, -0.1) is 0 Å². The lowest BCUT2D eigenvalue weighted by atomic mass is 10.2. The molecule has 1 aliphatic heterocycles. The second-order valence-corrected chi connectivity index (χ2v) is 7.29. The standard InChI is InChI=1S/C18H23N7O/c1-12-21-17-14(9-20-23(17)2)18(22-12)25-7-5-24(6-8-25)11-16-19-10-15(26-16)13-3-4-13/h9-10,13H,3-8,11H2,1-2H3. The lowest BCUT2D eigenvalue weighted by molar-refractivity contribution is 0.224. The normalized spacial score (nSPS) is 18.8. The molecule has 4 heterocycles. The molecule has 5 rings (SSSR count). The summed E-state index contributed by atoms with van der Waals surface area (Å²) in [6, 6.07) is 0. The van der Waals surface area contributed by atoms with Crippen molar-refractivity contribution >= 4 is 16.9 Å². The molecule has 0 spiro atoms. The van der Waals surface area contributed by atoms with Crippen molar-refractivity contribution in [2.24, 2.45) is 7.05 Å². The van der Waals surface area contributed by atoms with Gasteiger partial charge in [0.1, 0.15) is 17.4 Å². The molecule has 0 unspecified atom stereocenters. The Hall–Kier alpha value is -2.48. The first kappa shape index (κ1) is 15.7. The molecule has 2 aliphatic rings. The molecule has 1 saturated carbocycles. The summed E-state index contributed by atoms with van der Waals surface area (Å²) in [5.74, 6) is 4.30. The van der Waals surface area contributed by atoms with Crippen molar-refractivity contribution in [3.8, 4) is 0 Å². The smallest absolute Gasteiger partial charge is 0.208 e. The Bertz CT molecular complexity index is 934. The Morgan fingerprint density at radius 3 is 2.69 bits per heavy atom. The van der Waals surface area contributed by atoms with Crippen molar-refractivity contribution in [1.29, 1.82) is 0 Å². The lowest BCUT2D eigenvalue weighted by Gasteiger charge is -2.35. The van der Waals surface area contributed by atoms with Gasteiger partial charge in [0.05, 0.1) is 24.3 Å². The quantitative estimate of drug-likeness (QED) is 0.708. The Morgan fingerprint density at radius 1 is 1.12 bits per heavy atom. The van der Waals surface area contributed by atoms with E-state index >= 15 is 0 Å². The maximum absolute atomic E-state index is 5.90. The summed E-state index contributed by atoms with van der Waals surface area (Å²) in [7, 11) is 1.92. The molecule has 136 valence electrons. The summed E-state index contributed by atoms with van der Waals surface area (Å²) < 4.78 is 7.71. The third-order valence-electron chi connectivity index (χ3n) is 5.27. The van der Waals surface area contributed by atoms with Crippen LogP contribution in [0.25, 0.3) is 11.0 Å². The van der Waals surface area contributed by atoms with Crippen LogP contribution in [0.5, 0.6) is 0 Å². The fraction of sp³-hybridized carbons (Fsp3) is 0.556. The van der Waals surface area contributed by atoms with Crippen molar-refractivity contribution in [1.82, 2.24) is 29.6 Å². The number of rotatable bonds is 4. The van der Waals surface area contributed by atoms with Gasteiger partial charge in [-0.1, -0.05) is 0 Å². The van der Waals surface area contributed by atoms with Gasteiger partial charge in [0.2, 0.25) is 5.89 Å². The molecule has 1 aliphatic carbocycles. The average molecular weight is 353 g/mol. The van der Waals surface area contributed by atoms with E-state index in [1.165, 1.54) is 12.8 Å². The Morgan fingerprint density at radius 2 is 1.92 bits per heavy atom. The van der Waals surface area contributed by atoms with E-state index in [1.54, 1.807) is 0 Å². The first-order valence-corrected chi connectivity index (χ1v) is 9.25. The van der Waals surface area contributed by atoms with Crippen LogP contribution in [0.1, 0.15) is 36.2 Å². The third kappa shape index (κ3) is 2.84. The maximum atomic E-state index is 5.90. The van der Waals surface area contributed by atoms with E-state index in [-0.39, 0.29) is 0 Å². The van der Waals surface area contributed by atoms with Crippen LogP contribution in [0.3, 0.4) is 0 Å². The zero-order chi connectivity index (χ0) is 17.7. The van der Waals surface area contributed by atoms with E-state index in [2.05, 4.69) is 29.9 Å². The summed E-state index contributed by atoms with van der Waals surface area (Å²) in [6.07, 6.45) is 6.26. The van der Waals surface area contributed by atoms with Gasteiger partial charge in [0.25, 0.3) is 0 Å². The first-order chi connectivity index (χ1) is 12.7. The highest BCUT2D eigenvalue weighted by molar-refractivity contribution is 5.87. The highest BCUT2D eigenvalue weighted by Gasteiger charge is 2.28. The molecule has 0 radical (unpaired) electrons. The SMILES string of the molecule is Cc1nc(N2CCN(Cc3ncc(C4CC4)o3)CC2)c2cnn(C)c2n1. The molecule has 0 bridgehead atoms. The summed E-state index contributed by atoms with van der Waals surface area (Å²) in [5, 5.41) is 5.36. The summed E-state index contributed by atoms with van der Waals surface area (Å²) in [5.41, 5.74) is 0.891. The van der Waals surface area contributed by atoms with Crippen molar-refractivity contribution in [2.45, 2.75) is 32.2 Å². The molecule has 1 saturated heterocycles. The topological polar surface area (TPSA) is 76.1 Å².